The van der Waals surface area contributed by atoms with Crippen molar-refractivity contribution in [1.29, 1.82) is 0 Å². The van der Waals surface area contributed by atoms with Crippen LogP contribution in [-0.4, -0.2) is 29.5 Å². The van der Waals surface area contributed by atoms with Gasteiger partial charge < -0.3 is 15.4 Å². The van der Waals surface area contributed by atoms with Crippen molar-refractivity contribution >= 4 is 11.9 Å². The van der Waals surface area contributed by atoms with Crippen LogP contribution >= 0.6 is 0 Å². The maximum atomic E-state index is 12.9. The van der Waals surface area contributed by atoms with E-state index in [2.05, 4.69) is 20.6 Å². The Bertz CT molecular complexity index is 960. The number of amides is 1. The zero-order chi connectivity index (χ0) is 20.6. The summed E-state index contributed by atoms with van der Waals surface area (Å²) >= 11 is 0. The Hall–Kier alpha value is -3.48. The first-order valence-corrected chi connectivity index (χ1v) is 9.28. The summed E-state index contributed by atoms with van der Waals surface area (Å²) in [6.45, 7) is 2.77. The first kappa shape index (κ1) is 20.3. The second-order valence-electron chi connectivity index (χ2n) is 6.55. The molecule has 1 heterocycles. The topological polar surface area (TPSA) is 76.1 Å². The van der Waals surface area contributed by atoms with E-state index >= 15 is 0 Å². The lowest BCUT2D eigenvalue weighted by molar-refractivity contribution is 0.0949. The number of aryl methyl sites for hydroxylation is 1. The van der Waals surface area contributed by atoms with Crippen molar-refractivity contribution in [3.8, 4) is 5.75 Å². The summed E-state index contributed by atoms with van der Waals surface area (Å²) in [6.07, 6.45) is 0.610. The number of hydrogen-bond donors (Lipinski definition) is 2. The van der Waals surface area contributed by atoms with Crippen LogP contribution in [0.25, 0.3) is 0 Å². The number of carbonyl (C=O) groups is 1. The van der Waals surface area contributed by atoms with E-state index in [0.717, 1.165) is 16.9 Å². The van der Waals surface area contributed by atoms with Gasteiger partial charge in [0.2, 0.25) is 5.95 Å². The quantitative estimate of drug-likeness (QED) is 0.611. The molecule has 3 aromatic rings. The van der Waals surface area contributed by atoms with Crippen LogP contribution in [0.1, 0.15) is 27.3 Å². The number of halogens is 1. The highest BCUT2D eigenvalue weighted by molar-refractivity contribution is 5.92. The molecule has 29 heavy (non-hydrogen) atoms. The molecule has 3 rings (SSSR count). The van der Waals surface area contributed by atoms with Crippen LogP contribution in [-0.2, 0) is 13.0 Å². The minimum Gasteiger partial charge on any atom is -0.497 e. The average molecular weight is 394 g/mol. The van der Waals surface area contributed by atoms with E-state index in [1.807, 2.05) is 31.2 Å². The highest BCUT2D eigenvalue weighted by Gasteiger charge is 2.10. The fourth-order valence-corrected chi connectivity index (χ4v) is 2.75. The molecule has 0 spiro atoms. The number of rotatable bonds is 8. The maximum Gasteiger partial charge on any atom is 0.270 e. The smallest absolute Gasteiger partial charge is 0.270 e. The van der Waals surface area contributed by atoms with Crippen molar-refractivity contribution in [2.75, 3.05) is 19.0 Å². The Balaban J connectivity index is 1.56. The molecular weight excluding hydrogens is 371 g/mol. The molecule has 0 aliphatic carbocycles. The molecule has 0 unspecified atom stereocenters. The second kappa shape index (κ2) is 9.64. The third kappa shape index (κ3) is 6.00. The number of methoxy groups -OCH3 is 1. The summed E-state index contributed by atoms with van der Waals surface area (Å²) in [4.78, 5) is 21.1. The van der Waals surface area contributed by atoms with Crippen molar-refractivity contribution in [1.82, 2.24) is 15.3 Å². The van der Waals surface area contributed by atoms with Gasteiger partial charge in [-0.15, -0.1) is 0 Å². The maximum absolute atomic E-state index is 12.9. The first-order chi connectivity index (χ1) is 14.0. The number of nitrogens with zero attached hydrogens (tertiary/aromatic N) is 2. The summed E-state index contributed by atoms with van der Waals surface area (Å²) in [5.74, 6) is 0.638. The second-order valence-corrected chi connectivity index (χ2v) is 6.55. The van der Waals surface area contributed by atoms with Gasteiger partial charge in [-0.1, -0.05) is 24.3 Å². The Morgan fingerprint density at radius 1 is 1.03 bits per heavy atom. The number of ether oxygens (including phenoxy) is 1. The average Bonchev–Trinajstić information content (AvgIpc) is 2.73. The van der Waals surface area contributed by atoms with Gasteiger partial charge >= 0.3 is 0 Å². The molecule has 0 aliphatic rings. The Kier molecular flexibility index (Phi) is 6.73. The summed E-state index contributed by atoms with van der Waals surface area (Å²) in [7, 11) is 1.63. The monoisotopic (exact) mass is 394 g/mol. The molecule has 0 fully saturated rings. The molecule has 2 N–H and O–H groups in total. The van der Waals surface area contributed by atoms with Crippen LogP contribution in [0.5, 0.6) is 5.75 Å². The molecular formula is C22H23FN4O2. The number of nitrogens with one attached hydrogen (secondary N) is 2. The van der Waals surface area contributed by atoms with Crippen molar-refractivity contribution < 1.29 is 13.9 Å². The Morgan fingerprint density at radius 2 is 1.72 bits per heavy atom. The zero-order valence-corrected chi connectivity index (χ0v) is 16.4. The summed E-state index contributed by atoms with van der Waals surface area (Å²) in [5, 5.41) is 5.98. The molecule has 0 saturated carbocycles. The van der Waals surface area contributed by atoms with Gasteiger partial charge in [0.15, 0.2) is 0 Å². The van der Waals surface area contributed by atoms with Crippen LogP contribution < -0.4 is 15.4 Å². The minimum absolute atomic E-state index is 0.273. The number of aromatic nitrogens is 2. The number of hydrogen-bond acceptors (Lipinski definition) is 5. The molecule has 2 aromatic carbocycles. The van der Waals surface area contributed by atoms with E-state index in [1.54, 1.807) is 25.3 Å². The lowest BCUT2D eigenvalue weighted by Gasteiger charge is -2.09. The van der Waals surface area contributed by atoms with Gasteiger partial charge in [-0.2, -0.15) is 0 Å². The molecule has 6 nitrogen and oxygen atoms in total. The fourth-order valence-electron chi connectivity index (χ4n) is 2.75. The molecule has 1 aromatic heterocycles. The van der Waals surface area contributed by atoms with Crippen LogP contribution in [0.3, 0.4) is 0 Å². The van der Waals surface area contributed by atoms with E-state index in [-0.39, 0.29) is 11.7 Å². The highest BCUT2D eigenvalue weighted by Crippen LogP contribution is 2.13. The van der Waals surface area contributed by atoms with E-state index in [0.29, 0.717) is 36.8 Å². The van der Waals surface area contributed by atoms with Gasteiger partial charge in [-0.25, -0.2) is 14.4 Å². The molecule has 0 bridgehead atoms. The van der Waals surface area contributed by atoms with E-state index in [1.165, 1.54) is 12.1 Å². The summed E-state index contributed by atoms with van der Waals surface area (Å²) in [5.41, 5.74) is 2.99. The fraction of sp³-hybridized carbons (Fsp3) is 0.227. The van der Waals surface area contributed by atoms with Gasteiger partial charge in [-0.05, 0) is 54.8 Å². The van der Waals surface area contributed by atoms with Crippen molar-refractivity contribution in [2.45, 2.75) is 19.9 Å². The van der Waals surface area contributed by atoms with Gasteiger partial charge in [0.1, 0.15) is 17.3 Å². The van der Waals surface area contributed by atoms with Crippen LogP contribution in [0.4, 0.5) is 10.3 Å². The predicted octanol–water partition coefficient (Wildman–Crippen LogP) is 3.52. The Morgan fingerprint density at radius 3 is 2.41 bits per heavy atom. The SMILES string of the molecule is COc1ccc(CNc2nc(C)cc(C(=O)NCCc3ccc(F)cc3)n2)cc1. The molecule has 1 amide bonds. The lowest BCUT2D eigenvalue weighted by atomic mass is 10.1. The molecule has 0 saturated heterocycles. The standard InChI is InChI=1S/C22H23FN4O2/c1-15-13-20(21(28)24-12-11-16-3-7-18(23)8-4-16)27-22(26-15)25-14-17-5-9-19(29-2)10-6-17/h3-10,13H,11-12,14H2,1-2H3,(H,24,28)(H,25,26,27). The molecule has 7 heteroatoms. The van der Waals surface area contributed by atoms with E-state index in [9.17, 15) is 9.18 Å². The van der Waals surface area contributed by atoms with Gasteiger partial charge in [0.05, 0.1) is 7.11 Å². The van der Waals surface area contributed by atoms with E-state index < -0.39 is 0 Å². The van der Waals surface area contributed by atoms with Crippen molar-refractivity contribution in [3.63, 3.8) is 0 Å². The molecule has 150 valence electrons. The van der Waals surface area contributed by atoms with Crippen molar-refractivity contribution in [3.05, 3.63) is 82.9 Å². The minimum atomic E-state index is -0.274. The Labute approximate surface area is 169 Å². The molecule has 0 radical (unpaired) electrons. The third-order valence-electron chi connectivity index (χ3n) is 4.31. The zero-order valence-electron chi connectivity index (χ0n) is 16.4. The van der Waals surface area contributed by atoms with Crippen molar-refractivity contribution in [2.24, 2.45) is 0 Å². The number of carbonyl (C=O) groups excluding carboxylic acids is 1. The van der Waals surface area contributed by atoms with E-state index in [4.69, 9.17) is 4.74 Å². The molecule has 0 aliphatic heterocycles. The van der Waals surface area contributed by atoms with Crippen LogP contribution in [0.15, 0.2) is 54.6 Å². The van der Waals surface area contributed by atoms with Crippen LogP contribution in [0, 0.1) is 12.7 Å². The van der Waals surface area contributed by atoms with Crippen LogP contribution in [0.2, 0.25) is 0 Å². The lowest BCUT2D eigenvalue weighted by Crippen LogP contribution is -2.27. The van der Waals surface area contributed by atoms with Gasteiger partial charge in [0, 0.05) is 18.8 Å². The third-order valence-corrected chi connectivity index (χ3v) is 4.31. The summed E-state index contributed by atoms with van der Waals surface area (Å²) in [6, 6.07) is 15.5. The first-order valence-electron chi connectivity index (χ1n) is 9.28. The van der Waals surface area contributed by atoms with Gasteiger partial charge in [-0.3, -0.25) is 4.79 Å². The van der Waals surface area contributed by atoms with Gasteiger partial charge in [0.25, 0.3) is 5.91 Å². The number of anilines is 1. The normalized spacial score (nSPS) is 10.4. The summed E-state index contributed by atoms with van der Waals surface area (Å²) < 4.78 is 18.1. The molecule has 0 atom stereocenters. The predicted molar refractivity (Wildman–Crippen MR) is 110 cm³/mol. The number of benzene rings is 2. The highest BCUT2D eigenvalue weighted by atomic mass is 19.1. The largest absolute Gasteiger partial charge is 0.497 e.